The smallest absolute Gasteiger partial charge is 0.280 e. The highest BCUT2D eigenvalue weighted by Gasteiger charge is 2.20. The van der Waals surface area contributed by atoms with Gasteiger partial charge in [0.15, 0.2) is 0 Å². The largest absolute Gasteiger partial charge is 0.381 e. The topological polar surface area (TPSA) is 77.3 Å². The van der Waals surface area contributed by atoms with Crippen LogP contribution in [-0.2, 0) is 4.74 Å². The average Bonchev–Trinajstić information content (AvgIpc) is 2.64. The number of nitro benzene ring substituents is 1. The minimum absolute atomic E-state index is 0.000734. The summed E-state index contributed by atoms with van der Waals surface area (Å²) in [7, 11) is 0. The number of aryl methyl sites for hydroxylation is 1. The van der Waals surface area contributed by atoms with E-state index in [0.29, 0.717) is 24.1 Å². The van der Waals surface area contributed by atoms with E-state index in [9.17, 15) is 10.1 Å². The van der Waals surface area contributed by atoms with Crippen LogP contribution in [0, 0.1) is 17.0 Å². The first-order valence-corrected chi connectivity index (χ1v) is 8.84. The monoisotopic (exact) mass is 353 g/mol. The zero-order chi connectivity index (χ0) is 18.7. The summed E-state index contributed by atoms with van der Waals surface area (Å²) in [6.45, 7) is 7.24. The normalized spacial score (nSPS) is 12.4. The van der Waals surface area contributed by atoms with E-state index in [0.717, 1.165) is 28.6 Å². The molecule has 1 atom stereocenters. The molecule has 0 aliphatic carbocycles. The Morgan fingerprint density at radius 3 is 2.77 bits per heavy atom. The molecule has 2 aromatic carbocycles. The molecule has 0 spiro atoms. The molecule has 1 aromatic heterocycles. The SMILES string of the molecule is CCCOC(C)CNc1c2ccccc2nc2c(C)ccc([N+](=O)[O-])c12. The summed E-state index contributed by atoms with van der Waals surface area (Å²) in [6.07, 6.45) is 0.955. The number of anilines is 1. The Hall–Kier alpha value is -2.73. The van der Waals surface area contributed by atoms with Gasteiger partial charge in [0, 0.05) is 24.6 Å². The van der Waals surface area contributed by atoms with Gasteiger partial charge in [-0.1, -0.05) is 31.2 Å². The van der Waals surface area contributed by atoms with Crippen molar-refractivity contribution in [2.24, 2.45) is 0 Å². The number of ether oxygens (including phenoxy) is 1. The molecule has 0 aliphatic rings. The second kappa shape index (κ2) is 7.66. The molecule has 3 aromatic rings. The molecule has 0 fully saturated rings. The van der Waals surface area contributed by atoms with Crippen molar-refractivity contribution in [2.75, 3.05) is 18.5 Å². The van der Waals surface area contributed by atoms with Crippen LogP contribution in [0.5, 0.6) is 0 Å². The highest BCUT2D eigenvalue weighted by Crippen LogP contribution is 2.37. The molecule has 0 aliphatic heterocycles. The summed E-state index contributed by atoms with van der Waals surface area (Å²) < 4.78 is 5.73. The first-order chi connectivity index (χ1) is 12.5. The summed E-state index contributed by atoms with van der Waals surface area (Å²) >= 11 is 0. The zero-order valence-electron chi connectivity index (χ0n) is 15.3. The lowest BCUT2D eigenvalue weighted by Gasteiger charge is -2.18. The van der Waals surface area contributed by atoms with E-state index in [2.05, 4.69) is 17.2 Å². The molecule has 0 amide bonds. The molecular weight excluding hydrogens is 330 g/mol. The predicted molar refractivity (Wildman–Crippen MR) is 105 cm³/mol. The molecule has 1 heterocycles. The number of rotatable bonds is 7. The third kappa shape index (κ3) is 3.46. The van der Waals surface area contributed by atoms with Gasteiger partial charge >= 0.3 is 0 Å². The Morgan fingerprint density at radius 1 is 1.27 bits per heavy atom. The van der Waals surface area contributed by atoms with Gasteiger partial charge in [0.1, 0.15) is 5.39 Å². The molecule has 0 saturated carbocycles. The summed E-state index contributed by atoms with van der Waals surface area (Å²) in [5, 5.41) is 16.4. The maximum absolute atomic E-state index is 11.6. The highest BCUT2D eigenvalue weighted by atomic mass is 16.6. The van der Waals surface area contributed by atoms with E-state index in [-0.39, 0.29) is 16.7 Å². The quantitative estimate of drug-likeness (QED) is 0.374. The standard InChI is InChI=1S/C20H23N3O3/c1-4-11-26-14(3)12-21-20-15-7-5-6-8-16(15)22-19-13(2)9-10-17(18(19)20)23(24)25/h5-10,14H,4,11-12H2,1-3H3,(H,21,22). The van der Waals surface area contributed by atoms with Gasteiger partial charge in [-0.15, -0.1) is 0 Å². The number of aromatic nitrogens is 1. The molecule has 0 radical (unpaired) electrons. The average molecular weight is 353 g/mol. The number of pyridine rings is 1. The van der Waals surface area contributed by atoms with Crippen LogP contribution in [0.2, 0.25) is 0 Å². The summed E-state index contributed by atoms with van der Waals surface area (Å²) in [5.74, 6) is 0. The van der Waals surface area contributed by atoms with Crippen LogP contribution in [0.4, 0.5) is 11.4 Å². The molecule has 1 unspecified atom stereocenters. The van der Waals surface area contributed by atoms with Crippen LogP contribution in [0.3, 0.4) is 0 Å². The third-order valence-electron chi connectivity index (χ3n) is 4.38. The summed E-state index contributed by atoms with van der Waals surface area (Å²) in [4.78, 5) is 16.0. The second-order valence-electron chi connectivity index (χ2n) is 6.45. The van der Waals surface area contributed by atoms with Crippen LogP contribution in [0.25, 0.3) is 21.8 Å². The maximum atomic E-state index is 11.6. The van der Waals surface area contributed by atoms with Gasteiger partial charge < -0.3 is 10.1 Å². The first kappa shape index (κ1) is 18.1. The molecule has 6 nitrogen and oxygen atoms in total. The lowest BCUT2D eigenvalue weighted by Crippen LogP contribution is -2.20. The van der Waals surface area contributed by atoms with Gasteiger partial charge in [0.2, 0.25) is 0 Å². The number of non-ortho nitro benzene ring substituents is 1. The molecule has 1 N–H and O–H groups in total. The third-order valence-corrected chi connectivity index (χ3v) is 4.38. The van der Waals surface area contributed by atoms with E-state index >= 15 is 0 Å². The number of para-hydroxylation sites is 1. The molecular formula is C20H23N3O3. The molecule has 6 heteroatoms. The van der Waals surface area contributed by atoms with Crippen LogP contribution in [0.1, 0.15) is 25.8 Å². The molecule has 0 bridgehead atoms. The van der Waals surface area contributed by atoms with Gasteiger partial charge in [-0.3, -0.25) is 10.1 Å². The van der Waals surface area contributed by atoms with Crippen molar-refractivity contribution < 1.29 is 9.66 Å². The van der Waals surface area contributed by atoms with Crippen molar-refractivity contribution >= 4 is 33.2 Å². The number of fused-ring (bicyclic) bond motifs is 2. The zero-order valence-corrected chi connectivity index (χ0v) is 15.3. The fourth-order valence-electron chi connectivity index (χ4n) is 3.07. The summed E-state index contributed by atoms with van der Waals surface area (Å²) in [5.41, 5.74) is 3.19. The minimum atomic E-state index is -0.347. The van der Waals surface area contributed by atoms with Crippen molar-refractivity contribution in [1.82, 2.24) is 4.98 Å². The lowest BCUT2D eigenvalue weighted by molar-refractivity contribution is -0.383. The van der Waals surface area contributed by atoms with Gasteiger partial charge in [-0.25, -0.2) is 4.98 Å². The van der Waals surface area contributed by atoms with Crippen molar-refractivity contribution in [3.63, 3.8) is 0 Å². The number of nitrogens with one attached hydrogen (secondary N) is 1. The fraction of sp³-hybridized carbons (Fsp3) is 0.350. The van der Waals surface area contributed by atoms with E-state index in [4.69, 9.17) is 4.74 Å². The number of hydrogen-bond donors (Lipinski definition) is 1. The van der Waals surface area contributed by atoms with Crippen molar-refractivity contribution in [1.29, 1.82) is 0 Å². The molecule has 3 rings (SSSR count). The maximum Gasteiger partial charge on any atom is 0.280 e. The van der Waals surface area contributed by atoms with Crippen LogP contribution in [-0.4, -0.2) is 29.2 Å². The van der Waals surface area contributed by atoms with Crippen LogP contribution < -0.4 is 5.32 Å². The van der Waals surface area contributed by atoms with Crippen LogP contribution in [0.15, 0.2) is 36.4 Å². The predicted octanol–water partition coefficient (Wildman–Crippen LogP) is 4.83. The Kier molecular flexibility index (Phi) is 5.32. The minimum Gasteiger partial charge on any atom is -0.381 e. The number of benzene rings is 2. The fourth-order valence-corrected chi connectivity index (χ4v) is 3.07. The van der Waals surface area contributed by atoms with Gasteiger partial charge in [-0.2, -0.15) is 0 Å². The molecule has 136 valence electrons. The van der Waals surface area contributed by atoms with E-state index < -0.39 is 0 Å². The Morgan fingerprint density at radius 2 is 2.04 bits per heavy atom. The van der Waals surface area contributed by atoms with Gasteiger partial charge in [0.05, 0.1) is 27.7 Å². The lowest BCUT2D eigenvalue weighted by atomic mass is 10.0. The van der Waals surface area contributed by atoms with Crippen molar-refractivity contribution in [2.45, 2.75) is 33.3 Å². The number of hydrogen-bond acceptors (Lipinski definition) is 5. The van der Waals surface area contributed by atoms with Gasteiger partial charge in [0.25, 0.3) is 5.69 Å². The Balaban J connectivity index is 2.18. The van der Waals surface area contributed by atoms with Crippen molar-refractivity contribution in [3.8, 4) is 0 Å². The van der Waals surface area contributed by atoms with Crippen LogP contribution >= 0.6 is 0 Å². The highest BCUT2D eigenvalue weighted by molar-refractivity contribution is 6.11. The summed E-state index contributed by atoms with van der Waals surface area (Å²) in [6, 6.07) is 11.0. The first-order valence-electron chi connectivity index (χ1n) is 8.84. The second-order valence-corrected chi connectivity index (χ2v) is 6.45. The Bertz CT molecular complexity index is 956. The molecule has 26 heavy (non-hydrogen) atoms. The Labute approximate surface area is 152 Å². The van der Waals surface area contributed by atoms with Gasteiger partial charge in [-0.05, 0) is 31.9 Å². The van der Waals surface area contributed by atoms with E-state index in [1.165, 1.54) is 0 Å². The van der Waals surface area contributed by atoms with Crippen molar-refractivity contribution in [3.05, 3.63) is 52.1 Å². The van der Waals surface area contributed by atoms with E-state index in [1.54, 1.807) is 12.1 Å². The number of nitro groups is 1. The van der Waals surface area contributed by atoms with E-state index in [1.807, 2.05) is 38.1 Å². The molecule has 0 saturated heterocycles. The number of nitrogens with zero attached hydrogens (tertiary/aromatic N) is 2.